The molecular weight excluding hydrogens is 228 g/mol. The summed E-state index contributed by atoms with van der Waals surface area (Å²) in [6, 6.07) is 2.43. The van der Waals surface area contributed by atoms with Crippen LogP contribution in [0.15, 0.2) is 23.0 Å². The van der Waals surface area contributed by atoms with Gasteiger partial charge in [-0.05, 0) is 51.4 Å². The standard InChI is InChI=1S/C14H20N2O2/c17-14(11-5-9-18-10-11)13-2-1-8-16(13)12-3-6-15-7-4-12/h5,9-10,12-13,15H,1-4,6-8H2. The first kappa shape index (κ1) is 11.9. The molecule has 0 radical (unpaired) electrons. The number of nitrogens with zero attached hydrogens (tertiary/aromatic N) is 1. The van der Waals surface area contributed by atoms with Gasteiger partial charge < -0.3 is 9.73 Å². The van der Waals surface area contributed by atoms with Crippen molar-refractivity contribution in [3.63, 3.8) is 0 Å². The van der Waals surface area contributed by atoms with Crippen LogP contribution >= 0.6 is 0 Å². The van der Waals surface area contributed by atoms with Crippen molar-refractivity contribution in [1.29, 1.82) is 0 Å². The SMILES string of the molecule is O=C(c1ccoc1)C1CCCN1C1CCNCC1. The maximum Gasteiger partial charge on any atom is 0.183 e. The van der Waals surface area contributed by atoms with E-state index in [1.165, 1.54) is 0 Å². The van der Waals surface area contributed by atoms with Crippen LogP contribution in [0.5, 0.6) is 0 Å². The van der Waals surface area contributed by atoms with Crippen LogP contribution in [0.25, 0.3) is 0 Å². The van der Waals surface area contributed by atoms with Crippen LogP contribution in [0.1, 0.15) is 36.0 Å². The summed E-state index contributed by atoms with van der Waals surface area (Å²) in [5, 5.41) is 3.38. The highest BCUT2D eigenvalue weighted by molar-refractivity contribution is 6.00. The summed E-state index contributed by atoms with van der Waals surface area (Å²) in [5.41, 5.74) is 0.723. The molecule has 3 heterocycles. The van der Waals surface area contributed by atoms with Crippen LogP contribution in [-0.4, -0.2) is 42.4 Å². The molecule has 2 fully saturated rings. The second-order valence-electron chi connectivity index (χ2n) is 5.25. The van der Waals surface area contributed by atoms with Crippen LogP contribution in [0.2, 0.25) is 0 Å². The third kappa shape index (κ3) is 2.22. The maximum absolute atomic E-state index is 12.4. The van der Waals surface area contributed by atoms with Gasteiger partial charge in [0.2, 0.25) is 0 Å². The van der Waals surface area contributed by atoms with Crippen molar-refractivity contribution in [3.8, 4) is 0 Å². The molecule has 4 heteroatoms. The fourth-order valence-corrected chi connectivity index (χ4v) is 3.24. The van der Waals surface area contributed by atoms with Crippen LogP contribution in [0, 0.1) is 0 Å². The average Bonchev–Trinajstić information content (AvgIpc) is 3.10. The Hall–Kier alpha value is -1.13. The fourth-order valence-electron chi connectivity index (χ4n) is 3.24. The Morgan fingerprint density at radius 2 is 2.17 bits per heavy atom. The Bertz CT molecular complexity index is 396. The minimum Gasteiger partial charge on any atom is -0.472 e. The summed E-state index contributed by atoms with van der Waals surface area (Å²) in [6.45, 7) is 3.22. The second kappa shape index (κ2) is 5.24. The lowest BCUT2D eigenvalue weighted by Crippen LogP contribution is -2.47. The topological polar surface area (TPSA) is 45.5 Å². The lowest BCUT2D eigenvalue weighted by atomic mass is 10.00. The molecule has 2 saturated heterocycles. The third-order valence-corrected chi connectivity index (χ3v) is 4.18. The van der Waals surface area contributed by atoms with Crippen LogP contribution < -0.4 is 5.32 Å². The zero-order valence-electron chi connectivity index (χ0n) is 10.6. The molecule has 1 aromatic heterocycles. The van der Waals surface area contributed by atoms with E-state index in [9.17, 15) is 4.79 Å². The predicted octanol–water partition coefficient (Wildman–Crippen LogP) is 1.68. The van der Waals surface area contributed by atoms with Crippen molar-refractivity contribution >= 4 is 5.78 Å². The molecule has 4 nitrogen and oxygen atoms in total. The van der Waals surface area contributed by atoms with E-state index in [1.54, 1.807) is 18.6 Å². The summed E-state index contributed by atoms with van der Waals surface area (Å²) in [4.78, 5) is 14.9. The average molecular weight is 248 g/mol. The van der Waals surface area contributed by atoms with Crippen LogP contribution in [-0.2, 0) is 0 Å². The minimum atomic E-state index is 0.0747. The van der Waals surface area contributed by atoms with E-state index >= 15 is 0 Å². The number of ketones is 1. The quantitative estimate of drug-likeness (QED) is 0.827. The molecule has 0 saturated carbocycles. The largest absolute Gasteiger partial charge is 0.472 e. The van der Waals surface area contributed by atoms with Gasteiger partial charge in [0.15, 0.2) is 5.78 Å². The Morgan fingerprint density at radius 3 is 2.89 bits per heavy atom. The molecule has 2 aliphatic heterocycles. The highest BCUT2D eigenvalue weighted by Gasteiger charge is 2.36. The monoisotopic (exact) mass is 248 g/mol. The zero-order valence-corrected chi connectivity index (χ0v) is 10.6. The van der Waals surface area contributed by atoms with Crippen molar-refractivity contribution in [2.24, 2.45) is 0 Å². The molecule has 1 aromatic rings. The van der Waals surface area contributed by atoms with Gasteiger partial charge in [-0.1, -0.05) is 0 Å². The third-order valence-electron chi connectivity index (χ3n) is 4.18. The Balaban J connectivity index is 1.72. The first-order valence-corrected chi connectivity index (χ1v) is 6.89. The molecule has 2 aliphatic rings. The number of carbonyl (C=O) groups excluding carboxylic acids is 1. The van der Waals surface area contributed by atoms with Gasteiger partial charge in [-0.3, -0.25) is 9.69 Å². The number of piperidine rings is 1. The summed E-state index contributed by atoms with van der Waals surface area (Å²) in [7, 11) is 0. The maximum atomic E-state index is 12.4. The lowest BCUT2D eigenvalue weighted by molar-refractivity contribution is 0.0783. The molecule has 0 aliphatic carbocycles. The van der Waals surface area contributed by atoms with Crippen LogP contribution in [0.3, 0.4) is 0 Å². The first-order valence-electron chi connectivity index (χ1n) is 6.89. The van der Waals surface area contributed by atoms with E-state index in [0.717, 1.165) is 50.9 Å². The number of hydrogen-bond acceptors (Lipinski definition) is 4. The van der Waals surface area contributed by atoms with E-state index in [-0.39, 0.29) is 11.8 Å². The Labute approximate surface area is 107 Å². The highest BCUT2D eigenvalue weighted by Crippen LogP contribution is 2.26. The van der Waals surface area contributed by atoms with Gasteiger partial charge >= 0.3 is 0 Å². The van der Waals surface area contributed by atoms with E-state index in [0.29, 0.717) is 6.04 Å². The molecule has 0 amide bonds. The smallest absolute Gasteiger partial charge is 0.183 e. The minimum absolute atomic E-state index is 0.0747. The summed E-state index contributed by atoms with van der Waals surface area (Å²) in [5.74, 6) is 0.236. The number of likely N-dealkylation sites (tertiary alicyclic amines) is 1. The van der Waals surface area contributed by atoms with Gasteiger partial charge in [-0.25, -0.2) is 0 Å². The van der Waals surface area contributed by atoms with Gasteiger partial charge in [-0.15, -0.1) is 0 Å². The number of carbonyl (C=O) groups is 1. The van der Waals surface area contributed by atoms with E-state index in [2.05, 4.69) is 10.2 Å². The Kier molecular flexibility index (Phi) is 3.48. The van der Waals surface area contributed by atoms with Crippen LogP contribution in [0.4, 0.5) is 0 Å². The molecule has 0 bridgehead atoms. The highest BCUT2D eigenvalue weighted by atomic mass is 16.3. The zero-order chi connectivity index (χ0) is 12.4. The van der Waals surface area contributed by atoms with Gasteiger partial charge in [-0.2, -0.15) is 0 Å². The number of nitrogens with one attached hydrogen (secondary N) is 1. The number of furan rings is 1. The van der Waals surface area contributed by atoms with Gasteiger partial charge in [0.05, 0.1) is 17.9 Å². The molecule has 1 atom stereocenters. The van der Waals surface area contributed by atoms with E-state index in [1.807, 2.05) is 0 Å². The first-order chi connectivity index (χ1) is 8.86. The van der Waals surface area contributed by atoms with Crippen molar-refractivity contribution in [2.45, 2.75) is 37.8 Å². The van der Waals surface area contributed by atoms with E-state index in [4.69, 9.17) is 4.42 Å². The van der Waals surface area contributed by atoms with Crippen molar-refractivity contribution in [1.82, 2.24) is 10.2 Å². The van der Waals surface area contributed by atoms with Crippen molar-refractivity contribution in [3.05, 3.63) is 24.2 Å². The molecule has 1 unspecified atom stereocenters. The Morgan fingerprint density at radius 1 is 1.33 bits per heavy atom. The molecule has 3 rings (SSSR count). The summed E-state index contributed by atoms with van der Waals surface area (Å²) >= 11 is 0. The fraction of sp³-hybridized carbons (Fsp3) is 0.643. The molecule has 0 spiro atoms. The van der Waals surface area contributed by atoms with Gasteiger partial charge in [0.25, 0.3) is 0 Å². The van der Waals surface area contributed by atoms with Gasteiger partial charge in [0.1, 0.15) is 6.26 Å². The second-order valence-corrected chi connectivity index (χ2v) is 5.25. The normalized spacial score (nSPS) is 26.6. The summed E-state index contributed by atoms with van der Waals surface area (Å²) < 4.78 is 5.03. The lowest BCUT2D eigenvalue weighted by Gasteiger charge is -2.35. The number of Topliss-reactive ketones (excluding diaryl/α,β-unsaturated/α-hetero) is 1. The molecule has 1 N–H and O–H groups in total. The molecule has 18 heavy (non-hydrogen) atoms. The molecule has 98 valence electrons. The molecule has 0 aromatic carbocycles. The summed E-state index contributed by atoms with van der Waals surface area (Å²) in [6.07, 6.45) is 7.61. The molecular formula is C14H20N2O2. The number of rotatable bonds is 3. The van der Waals surface area contributed by atoms with Crippen molar-refractivity contribution in [2.75, 3.05) is 19.6 Å². The predicted molar refractivity (Wildman–Crippen MR) is 68.7 cm³/mol. The van der Waals surface area contributed by atoms with Crippen molar-refractivity contribution < 1.29 is 9.21 Å². The van der Waals surface area contributed by atoms with E-state index < -0.39 is 0 Å². The van der Waals surface area contributed by atoms with Gasteiger partial charge in [0, 0.05) is 6.04 Å². The number of hydrogen-bond donors (Lipinski definition) is 1.